The summed E-state index contributed by atoms with van der Waals surface area (Å²) in [6, 6.07) is 10.1. The van der Waals surface area contributed by atoms with Crippen molar-refractivity contribution < 1.29 is 4.79 Å². The van der Waals surface area contributed by atoms with Crippen molar-refractivity contribution >= 4 is 5.91 Å². The molecule has 0 aliphatic heterocycles. The van der Waals surface area contributed by atoms with Crippen LogP contribution in [0, 0.1) is 18.3 Å². The Labute approximate surface area is 96.1 Å². The summed E-state index contributed by atoms with van der Waals surface area (Å²) < 4.78 is 0. The van der Waals surface area contributed by atoms with Crippen LogP contribution >= 0.6 is 0 Å². The molecular formula is C13H16N2O. The quantitative estimate of drug-likeness (QED) is 0.818. The Morgan fingerprint density at radius 2 is 2.19 bits per heavy atom. The molecule has 0 bridgehead atoms. The zero-order chi connectivity index (χ0) is 11.8. The molecule has 0 unspecified atom stereocenters. The minimum Gasteiger partial charge on any atom is -0.356 e. The lowest BCUT2D eigenvalue weighted by Crippen LogP contribution is -2.25. The lowest BCUT2D eigenvalue weighted by Gasteiger charge is -2.06. The first-order valence-corrected chi connectivity index (χ1v) is 5.42. The number of hydrogen-bond donors (Lipinski definition) is 1. The Balaban J connectivity index is 2.29. The van der Waals surface area contributed by atoms with Gasteiger partial charge in [0.1, 0.15) is 0 Å². The summed E-state index contributed by atoms with van der Waals surface area (Å²) in [4.78, 5) is 11.2. The smallest absolute Gasteiger partial charge is 0.221 e. The first-order chi connectivity index (χ1) is 7.74. The Bertz CT molecular complexity index is 393. The number of carbonyl (C=O) groups excluding carboxylic acids is 1. The van der Waals surface area contributed by atoms with Crippen LogP contribution in [0.5, 0.6) is 0 Å². The molecule has 16 heavy (non-hydrogen) atoms. The SMILES string of the molecule is Cc1ccccc1CCNC(=O)CCC#N. The first-order valence-electron chi connectivity index (χ1n) is 5.42. The van der Waals surface area contributed by atoms with Gasteiger partial charge in [0.15, 0.2) is 0 Å². The topological polar surface area (TPSA) is 52.9 Å². The number of hydrogen-bond acceptors (Lipinski definition) is 2. The molecule has 0 aliphatic carbocycles. The Kier molecular flexibility index (Phi) is 5.07. The van der Waals surface area contributed by atoms with E-state index in [-0.39, 0.29) is 12.3 Å². The predicted molar refractivity (Wildman–Crippen MR) is 62.7 cm³/mol. The molecule has 3 heteroatoms. The first kappa shape index (κ1) is 12.3. The third-order valence-corrected chi connectivity index (χ3v) is 2.44. The van der Waals surface area contributed by atoms with Crippen molar-refractivity contribution in [2.24, 2.45) is 0 Å². The zero-order valence-corrected chi connectivity index (χ0v) is 9.49. The highest BCUT2D eigenvalue weighted by Crippen LogP contribution is 2.06. The van der Waals surface area contributed by atoms with Crippen LogP contribution in [0.1, 0.15) is 24.0 Å². The van der Waals surface area contributed by atoms with Crippen molar-refractivity contribution in [2.45, 2.75) is 26.2 Å². The molecule has 0 aromatic heterocycles. The fourth-order valence-corrected chi connectivity index (χ4v) is 1.48. The number of benzene rings is 1. The van der Waals surface area contributed by atoms with Crippen LogP contribution in [0.3, 0.4) is 0 Å². The molecule has 1 rings (SSSR count). The van der Waals surface area contributed by atoms with Gasteiger partial charge in [-0.25, -0.2) is 0 Å². The molecule has 0 saturated heterocycles. The standard InChI is InChI=1S/C13H16N2O/c1-11-5-2-3-6-12(11)8-10-15-13(16)7-4-9-14/h2-3,5-6H,4,7-8,10H2,1H3,(H,15,16). The maximum absolute atomic E-state index is 11.2. The largest absolute Gasteiger partial charge is 0.356 e. The van der Waals surface area contributed by atoms with Crippen LogP contribution in [0.25, 0.3) is 0 Å². The normalized spacial score (nSPS) is 9.50. The van der Waals surface area contributed by atoms with Gasteiger partial charge < -0.3 is 5.32 Å². The molecule has 0 heterocycles. The van der Waals surface area contributed by atoms with E-state index in [1.165, 1.54) is 11.1 Å². The van der Waals surface area contributed by atoms with Crippen LogP contribution in [0.2, 0.25) is 0 Å². The van der Waals surface area contributed by atoms with Gasteiger partial charge in [0, 0.05) is 19.4 Å². The highest BCUT2D eigenvalue weighted by Gasteiger charge is 2.01. The van der Waals surface area contributed by atoms with Gasteiger partial charge in [0.05, 0.1) is 6.07 Å². The summed E-state index contributed by atoms with van der Waals surface area (Å²) >= 11 is 0. The summed E-state index contributed by atoms with van der Waals surface area (Å²) in [6.45, 7) is 2.70. The molecule has 0 atom stereocenters. The second-order valence-corrected chi connectivity index (χ2v) is 3.68. The Morgan fingerprint density at radius 1 is 1.44 bits per heavy atom. The van der Waals surface area contributed by atoms with Gasteiger partial charge in [-0.15, -0.1) is 0 Å². The van der Waals surface area contributed by atoms with E-state index in [1.54, 1.807) is 0 Å². The number of amides is 1. The van der Waals surface area contributed by atoms with Crippen LogP contribution in [-0.2, 0) is 11.2 Å². The zero-order valence-electron chi connectivity index (χ0n) is 9.49. The van der Waals surface area contributed by atoms with E-state index in [4.69, 9.17) is 5.26 Å². The third kappa shape index (κ3) is 4.14. The predicted octanol–water partition coefficient (Wildman–Crippen LogP) is 1.96. The van der Waals surface area contributed by atoms with E-state index in [1.807, 2.05) is 18.2 Å². The average molecular weight is 216 g/mol. The third-order valence-electron chi connectivity index (χ3n) is 2.44. The molecule has 1 aromatic carbocycles. The molecular weight excluding hydrogens is 200 g/mol. The number of nitrogens with zero attached hydrogens (tertiary/aromatic N) is 1. The van der Waals surface area contributed by atoms with Crippen LogP contribution < -0.4 is 5.32 Å². The van der Waals surface area contributed by atoms with Crippen LogP contribution in [0.4, 0.5) is 0 Å². The fourth-order valence-electron chi connectivity index (χ4n) is 1.48. The molecule has 84 valence electrons. The molecule has 1 N–H and O–H groups in total. The monoisotopic (exact) mass is 216 g/mol. The van der Waals surface area contributed by atoms with Crippen LogP contribution in [-0.4, -0.2) is 12.5 Å². The van der Waals surface area contributed by atoms with Crippen molar-refractivity contribution in [1.82, 2.24) is 5.32 Å². The summed E-state index contributed by atoms with van der Waals surface area (Å²) in [6.07, 6.45) is 1.42. The molecule has 0 saturated carbocycles. The van der Waals surface area contributed by atoms with Crippen molar-refractivity contribution in [3.05, 3.63) is 35.4 Å². The average Bonchev–Trinajstić information content (AvgIpc) is 2.29. The van der Waals surface area contributed by atoms with Gasteiger partial charge >= 0.3 is 0 Å². The van der Waals surface area contributed by atoms with E-state index in [0.29, 0.717) is 13.0 Å². The Morgan fingerprint density at radius 3 is 2.88 bits per heavy atom. The van der Waals surface area contributed by atoms with Gasteiger partial charge in [-0.1, -0.05) is 24.3 Å². The fraction of sp³-hybridized carbons (Fsp3) is 0.385. The molecule has 0 spiro atoms. The summed E-state index contributed by atoms with van der Waals surface area (Å²) in [5.41, 5.74) is 2.50. The summed E-state index contributed by atoms with van der Waals surface area (Å²) in [5.74, 6) is -0.0462. The summed E-state index contributed by atoms with van der Waals surface area (Å²) in [5, 5.41) is 11.1. The lowest BCUT2D eigenvalue weighted by atomic mass is 10.1. The second-order valence-electron chi connectivity index (χ2n) is 3.68. The molecule has 0 radical (unpaired) electrons. The molecule has 0 aliphatic rings. The van der Waals surface area contributed by atoms with Gasteiger partial charge in [0.2, 0.25) is 5.91 Å². The van der Waals surface area contributed by atoms with Crippen LogP contribution in [0.15, 0.2) is 24.3 Å². The molecule has 0 fully saturated rings. The number of rotatable bonds is 5. The van der Waals surface area contributed by atoms with E-state index in [2.05, 4.69) is 24.4 Å². The van der Waals surface area contributed by atoms with Gasteiger partial charge in [0.25, 0.3) is 0 Å². The Hall–Kier alpha value is -1.82. The molecule has 3 nitrogen and oxygen atoms in total. The second kappa shape index (κ2) is 6.62. The number of carbonyl (C=O) groups is 1. The maximum Gasteiger partial charge on any atom is 0.221 e. The minimum absolute atomic E-state index is 0.0462. The van der Waals surface area contributed by atoms with Crippen molar-refractivity contribution in [3.8, 4) is 6.07 Å². The highest BCUT2D eigenvalue weighted by molar-refractivity contribution is 5.76. The minimum atomic E-state index is -0.0462. The van der Waals surface area contributed by atoms with Gasteiger partial charge in [-0.2, -0.15) is 5.26 Å². The number of nitrogens with one attached hydrogen (secondary N) is 1. The summed E-state index contributed by atoms with van der Waals surface area (Å²) in [7, 11) is 0. The lowest BCUT2D eigenvalue weighted by molar-refractivity contribution is -0.120. The molecule has 1 amide bonds. The highest BCUT2D eigenvalue weighted by atomic mass is 16.1. The van der Waals surface area contributed by atoms with E-state index < -0.39 is 0 Å². The van der Waals surface area contributed by atoms with Crippen molar-refractivity contribution in [1.29, 1.82) is 5.26 Å². The van der Waals surface area contributed by atoms with Crippen molar-refractivity contribution in [2.75, 3.05) is 6.54 Å². The number of nitriles is 1. The van der Waals surface area contributed by atoms with E-state index in [0.717, 1.165) is 6.42 Å². The van der Waals surface area contributed by atoms with Gasteiger partial charge in [-0.3, -0.25) is 4.79 Å². The van der Waals surface area contributed by atoms with E-state index in [9.17, 15) is 4.79 Å². The van der Waals surface area contributed by atoms with Gasteiger partial charge in [-0.05, 0) is 24.5 Å². The molecule has 1 aromatic rings. The maximum atomic E-state index is 11.2. The van der Waals surface area contributed by atoms with E-state index >= 15 is 0 Å². The van der Waals surface area contributed by atoms with Crippen molar-refractivity contribution in [3.63, 3.8) is 0 Å². The number of aryl methyl sites for hydroxylation is 1.